The Morgan fingerprint density at radius 3 is 2.58 bits per heavy atom. The molecule has 9 nitrogen and oxygen atoms in total. The molecule has 0 aliphatic rings. The summed E-state index contributed by atoms with van der Waals surface area (Å²) in [6.45, 7) is 0. The number of hydrogen-bond donors (Lipinski definition) is 4. The number of halogens is 1. The van der Waals surface area contributed by atoms with Crippen molar-refractivity contribution in [1.82, 2.24) is 19.9 Å². The lowest BCUT2D eigenvalue weighted by Gasteiger charge is -2.13. The molecule has 0 atom stereocenters. The summed E-state index contributed by atoms with van der Waals surface area (Å²) in [6.07, 6.45) is 1.57. The van der Waals surface area contributed by atoms with E-state index in [0.29, 0.717) is 27.0 Å². The van der Waals surface area contributed by atoms with E-state index >= 15 is 0 Å². The number of benzene rings is 3. The number of H-pyrrole nitrogens is 1. The Bertz CT molecular complexity index is 1880. The highest BCUT2D eigenvalue weighted by atomic mass is 35.5. The number of para-hydroxylation sites is 1. The van der Waals surface area contributed by atoms with Gasteiger partial charge in [-0.1, -0.05) is 48.0 Å². The number of aromatic nitrogens is 4. The van der Waals surface area contributed by atoms with Crippen molar-refractivity contribution in [3.05, 3.63) is 93.7 Å². The van der Waals surface area contributed by atoms with Crippen LogP contribution in [0.3, 0.4) is 0 Å². The lowest BCUT2D eigenvalue weighted by atomic mass is 10.0. The number of rotatable bonds is 5. The molecule has 0 radical (unpaired) electrons. The van der Waals surface area contributed by atoms with E-state index in [2.05, 4.69) is 20.5 Å². The third-order valence-corrected chi connectivity index (χ3v) is 7.12. The molecule has 0 fully saturated rings. The molecule has 38 heavy (non-hydrogen) atoms. The predicted molar refractivity (Wildman–Crippen MR) is 156 cm³/mol. The van der Waals surface area contributed by atoms with Gasteiger partial charge in [-0.15, -0.1) is 11.3 Å². The van der Waals surface area contributed by atoms with Crippen molar-refractivity contribution in [2.45, 2.75) is 0 Å². The first-order valence-electron chi connectivity index (χ1n) is 11.5. The van der Waals surface area contributed by atoms with Crippen LogP contribution in [0.4, 0.5) is 17.3 Å². The number of aromatic amines is 1. The van der Waals surface area contributed by atoms with Crippen LogP contribution in [0.25, 0.3) is 43.1 Å². The number of nitrogens with one attached hydrogen (secondary N) is 2. The number of fused-ring (bicyclic) bond motifs is 2. The minimum absolute atomic E-state index is 0.115. The van der Waals surface area contributed by atoms with E-state index in [0.717, 1.165) is 21.3 Å². The summed E-state index contributed by atoms with van der Waals surface area (Å²) in [5.74, 6) is 0.115. The lowest BCUT2D eigenvalue weighted by Crippen LogP contribution is -2.15. The van der Waals surface area contributed by atoms with Gasteiger partial charge < -0.3 is 11.5 Å². The van der Waals surface area contributed by atoms with E-state index in [9.17, 15) is 4.79 Å². The van der Waals surface area contributed by atoms with Crippen LogP contribution in [0.15, 0.2) is 82.7 Å². The summed E-state index contributed by atoms with van der Waals surface area (Å²) in [5, 5.41) is 5.56. The molecule has 6 rings (SSSR count). The number of nitrogens with two attached hydrogens (primary N) is 2. The van der Waals surface area contributed by atoms with Crippen LogP contribution in [0, 0.1) is 0 Å². The predicted octanol–water partition coefficient (Wildman–Crippen LogP) is 5.53. The zero-order chi connectivity index (χ0) is 26.2. The minimum atomic E-state index is -0.452. The summed E-state index contributed by atoms with van der Waals surface area (Å²) in [5.41, 5.74) is 19.3. The maximum Gasteiger partial charge on any atom is 0.263 e. The summed E-state index contributed by atoms with van der Waals surface area (Å²) < 4.78 is 0.994. The van der Waals surface area contributed by atoms with E-state index in [-0.39, 0.29) is 22.7 Å². The standard InChI is InChI=1S/C27H19ClN8OS/c28-16-10-8-15(9-11-16)23-20(26-32-18-6-1-2-7-19(18)38-26)22(30)21-24(33-23)34-27(35-25(21)37)36-31-13-14-4-3-5-17(29)12-14/h1-13H,29H2,(H4,30,33,34,35,36,37)/b31-13+. The number of thiazole rings is 1. The largest absolute Gasteiger partial charge is 0.399 e. The van der Waals surface area contributed by atoms with Crippen molar-refractivity contribution < 1.29 is 0 Å². The Morgan fingerprint density at radius 2 is 1.79 bits per heavy atom. The van der Waals surface area contributed by atoms with E-state index < -0.39 is 5.56 Å². The van der Waals surface area contributed by atoms with Crippen molar-refractivity contribution in [3.8, 4) is 21.8 Å². The van der Waals surface area contributed by atoms with Gasteiger partial charge in [0.05, 0.1) is 33.4 Å². The number of pyridine rings is 1. The number of hydrogen-bond acceptors (Lipinski definition) is 9. The molecule has 0 unspecified atom stereocenters. The fourth-order valence-electron chi connectivity index (χ4n) is 4.07. The van der Waals surface area contributed by atoms with Crippen molar-refractivity contribution in [1.29, 1.82) is 0 Å². The number of nitrogen functional groups attached to an aromatic ring is 2. The average molecular weight is 539 g/mol. The number of hydrazone groups is 1. The molecule has 3 aromatic carbocycles. The second-order valence-electron chi connectivity index (χ2n) is 8.40. The molecule has 6 aromatic rings. The van der Waals surface area contributed by atoms with Gasteiger partial charge in [0.1, 0.15) is 10.4 Å². The number of anilines is 3. The normalized spacial score (nSPS) is 11.5. The van der Waals surface area contributed by atoms with Gasteiger partial charge in [0.2, 0.25) is 5.95 Å². The van der Waals surface area contributed by atoms with Gasteiger partial charge in [0.15, 0.2) is 5.65 Å². The Labute approximate surface area is 224 Å². The Balaban J connectivity index is 1.51. The van der Waals surface area contributed by atoms with Gasteiger partial charge in [-0.3, -0.25) is 9.78 Å². The molecule has 0 amide bonds. The third kappa shape index (κ3) is 4.42. The van der Waals surface area contributed by atoms with Crippen LogP contribution in [0.2, 0.25) is 5.02 Å². The van der Waals surface area contributed by atoms with Gasteiger partial charge in [-0.2, -0.15) is 10.1 Å². The molecule has 0 saturated carbocycles. The first kappa shape index (κ1) is 23.6. The minimum Gasteiger partial charge on any atom is -0.399 e. The average Bonchev–Trinajstić information content (AvgIpc) is 3.32. The van der Waals surface area contributed by atoms with Gasteiger partial charge in [-0.05, 0) is 42.0 Å². The van der Waals surface area contributed by atoms with Crippen LogP contribution < -0.4 is 22.5 Å². The van der Waals surface area contributed by atoms with Gasteiger partial charge >= 0.3 is 0 Å². The summed E-state index contributed by atoms with van der Waals surface area (Å²) in [7, 11) is 0. The molecule has 11 heteroatoms. The first-order chi connectivity index (χ1) is 18.5. The van der Waals surface area contributed by atoms with E-state index in [1.54, 1.807) is 30.5 Å². The van der Waals surface area contributed by atoms with Gasteiger partial charge in [-0.25, -0.2) is 15.4 Å². The van der Waals surface area contributed by atoms with Gasteiger partial charge in [0, 0.05) is 16.3 Å². The third-order valence-electron chi connectivity index (χ3n) is 5.81. The molecule has 0 bridgehead atoms. The molecule has 3 aromatic heterocycles. The molecule has 0 aliphatic carbocycles. The molecule has 186 valence electrons. The first-order valence-corrected chi connectivity index (χ1v) is 12.7. The van der Waals surface area contributed by atoms with E-state index in [4.69, 9.17) is 33.0 Å². The maximum atomic E-state index is 13.2. The van der Waals surface area contributed by atoms with Crippen LogP contribution in [-0.4, -0.2) is 26.2 Å². The zero-order valence-corrected chi connectivity index (χ0v) is 21.2. The van der Waals surface area contributed by atoms with E-state index in [1.807, 2.05) is 48.5 Å². The highest BCUT2D eigenvalue weighted by Crippen LogP contribution is 2.41. The highest BCUT2D eigenvalue weighted by Gasteiger charge is 2.22. The molecule has 0 saturated heterocycles. The highest BCUT2D eigenvalue weighted by molar-refractivity contribution is 7.21. The van der Waals surface area contributed by atoms with Crippen LogP contribution in [0.5, 0.6) is 0 Å². The molecular formula is C27H19ClN8OS. The van der Waals surface area contributed by atoms with Crippen LogP contribution in [-0.2, 0) is 0 Å². The van der Waals surface area contributed by atoms with Crippen molar-refractivity contribution >= 4 is 67.7 Å². The summed E-state index contributed by atoms with van der Waals surface area (Å²) >= 11 is 7.61. The summed E-state index contributed by atoms with van der Waals surface area (Å²) in [6, 6.07) is 22.2. The molecule has 3 heterocycles. The smallest absolute Gasteiger partial charge is 0.263 e. The van der Waals surface area contributed by atoms with Crippen LogP contribution in [0.1, 0.15) is 5.56 Å². The second kappa shape index (κ2) is 9.58. The molecule has 6 N–H and O–H groups in total. The quantitative estimate of drug-likeness (QED) is 0.128. The van der Waals surface area contributed by atoms with Gasteiger partial charge in [0.25, 0.3) is 5.56 Å². The fraction of sp³-hybridized carbons (Fsp3) is 0. The van der Waals surface area contributed by atoms with Crippen molar-refractivity contribution in [2.24, 2.45) is 5.10 Å². The molecule has 0 spiro atoms. The Morgan fingerprint density at radius 1 is 0.974 bits per heavy atom. The van der Waals surface area contributed by atoms with Crippen molar-refractivity contribution in [2.75, 3.05) is 16.9 Å². The monoisotopic (exact) mass is 538 g/mol. The topological polar surface area (TPSA) is 148 Å². The molecular weight excluding hydrogens is 520 g/mol. The Kier molecular flexibility index (Phi) is 5.95. The molecule has 0 aliphatic heterocycles. The van der Waals surface area contributed by atoms with Crippen molar-refractivity contribution in [3.63, 3.8) is 0 Å². The number of nitrogens with zero attached hydrogens (tertiary/aromatic N) is 4. The zero-order valence-electron chi connectivity index (χ0n) is 19.6. The van der Waals surface area contributed by atoms with E-state index in [1.165, 1.54) is 11.3 Å². The SMILES string of the molecule is Nc1cccc(/C=N/Nc2nc3nc(-c4ccc(Cl)cc4)c(-c4nc5ccccc5s4)c(N)c3c(=O)[nH]2)c1. The summed E-state index contributed by atoms with van der Waals surface area (Å²) in [4.78, 5) is 29.9. The lowest BCUT2D eigenvalue weighted by molar-refractivity contribution is 1.11. The maximum absolute atomic E-state index is 13.2. The van der Waals surface area contributed by atoms with Crippen LogP contribution >= 0.6 is 22.9 Å². The Hall–Kier alpha value is -4.80. The fourth-order valence-corrected chi connectivity index (χ4v) is 5.22. The second-order valence-corrected chi connectivity index (χ2v) is 9.86.